The minimum absolute atomic E-state index is 1.16. The van der Waals surface area contributed by atoms with Crippen LogP contribution in [-0.4, -0.2) is 14.5 Å². The molecule has 1 aliphatic heterocycles. The van der Waals surface area contributed by atoms with Gasteiger partial charge in [0.05, 0.1) is 5.69 Å². The molecule has 0 bridgehead atoms. The summed E-state index contributed by atoms with van der Waals surface area (Å²) in [7, 11) is 0. The first kappa shape index (κ1) is 24.4. The van der Waals surface area contributed by atoms with E-state index in [-0.39, 0.29) is 0 Å². The summed E-state index contributed by atoms with van der Waals surface area (Å²) in [6.45, 7) is 17.3. The van der Waals surface area contributed by atoms with Gasteiger partial charge >= 0.3 is 0 Å². The monoisotopic (exact) mass is 359 g/mol. The lowest BCUT2D eigenvalue weighted by atomic mass is 9.96. The van der Waals surface area contributed by atoms with E-state index in [4.69, 9.17) is 0 Å². The zero-order valence-electron chi connectivity index (χ0n) is 18.5. The number of aryl methyl sites for hydroxylation is 6. The zero-order chi connectivity index (χ0) is 19.9. The second kappa shape index (κ2) is 14.5. The van der Waals surface area contributed by atoms with Crippen molar-refractivity contribution in [1.29, 1.82) is 0 Å². The molecule has 3 heterocycles. The lowest BCUT2D eigenvalue weighted by Crippen LogP contribution is -2.05. The molecule has 3 nitrogen and oxygen atoms in total. The zero-order valence-corrected chi connectivity index (χ0v) is 18.5. The highest BCUT2D eigenvalue weighted by Gasteiger charge is 2.10. The van der Waals surface area contributed by atoms with Crippen molar-refractivity contribution in [2.75, 3.05) is 0 Å². The van der Waals surface area contributed by atoms with Crippen molar-refractivity contribution in [2.24, 2.45) is 0 Å². The number of fused-ring (bicyclic) bond motifs is 2. The van der Waals surface area contributed by atoms with Crippen LogP contribution in [0.2, 0.25) is 0 Å². The topological polar surface area (TPSA) is 30.7 Å². The molecule has 0 N–H and O–H groups in total. The molecule has 4 rings (SSSR count). The number of hydrogen-bond donors (Lipinski definition) is 0. The van der Waals surface area contributed by atoms with Crippen LogP contribution in [0.3, 0.4) is 0 Å². The summed E-state index contributed by atoms with van der Waals surface area (Å²) in [5.41, 5.74) is 5.13. The lowest BCUT2D eigenvalue weighted by molar-refractivity contribution is 0.665. The smallest absolute Gasteiger partial charge is 0.109 e. The molecule has 0 spiro atoms. The Morgan fingerprint density at radius 3 is 2.04 bits per heavy atom. The summed E-state index contributed by atoms with van der Waals surface area (Å²) in [5.74, 6) is 1.27. The van der Waals surface area contributed by atoms with Crippen LogP contribution in [0.25, 0.3) is 0 Å². The summed E-state index contributed by atoms with van der Waals surface area (Å²) < 4.78 is 2.25. The highest BCUT2D eigenvalue weighted by molar-refractivity contribution is 5.24. The Bertz CT molecular complexity index is 578. The highest BCUT2D eigenvalue weighted by atomic mass is 15.1. The van der Waals surface area contributed by atoms with E-state index in [1.807, 2.05) is 48.5 Å². The molecule has 0 aromatic carbocycles. The third-order valence-corrected chi connectivity index (χ3v) is 4.10. The molecule has 0 unspecified atom stereocenters. The maximum atomic E-state index is 4.51. The van der Waals surface area contributed by atoms with Crippen LogP contribution in [0, 0.1) is 13.8 Å². The standard InChI is InChI=1S/C10H13N.C7H10N2.3C2H6/c1-8-6-7-9-4-2-3-5-10(9)11-8;1-6-5-9-4-2-3-7(9)8-6;3*1-2/h6-7H,2-5H2,1H3;5H,2-4H2,1H3;3*1-2H3. The maximum absolute atomic E-state index is 4.51. The van der Waals surface area contributed by atoms with Gasteiger partial charge in [0.2, 0.25) is 0 Å². The van der Waals surface area contributed by atoms with Gasteiger partial charge in [0, 0.05) is 30.6 Å². The van der Waals surface area contributed by atoms with Gasteiger partial charge in [-0.15, -0.1) is 0 Å². The Labute approximate surface area is 162 Å². The number of nitrogens with zero attached hydrogens (tertiary/aromatic N) is 3. The highest BCUT2D eigenvalue weighted by Crippen LogP contribution is 2.19. The van der Waals surface area contributed by atoms with E-state index in [2.05, 4.69) is 39.8 Å². The van der Waals surface area contributed by atoms with E-state index < -0.39 is 0 Å². The van der Waals surface area contributed by atoms with E-state index in [0.29, 0.717) is 0 Å². The molecule has 2 aliphatic rings. The summed E-state index contributed by atoms with van der Waals surface area (Å²) in [6, 6.07) is 4.35. The first-order valence-corrected chi connectivity index (χ1v) is 10.7. The first-order valence-electron chi connectivity index (χ1n) is 10.7. The van der Waals surface area contributed by atoms with Crippen LogP contribution < -0.4 is 0 Å². The van der Waals surface area contributed by atoms with Crippen LogP contribution in [0.5, 0.6) is 0 Å². The Kier molecular flexibility index (Phi) is 13.6. The minimum Gasteiger partial charge on any atom is -0.335 e. The fourth-order valence-corrected chi connectivity index (χ4v) is 3.09. The second-order valence-electron chi connectivity index (χ2n) is 5.86. The van der Waals surface area contributed by atoms with E-state index in [1.165, 1.54) is 62.2 Å². The van der Waals surface area contributed by atoms with Gasteiger partial charge in [0.1, 0.15) is 5.82 Å². The molecular formula is C23H41N3. The number of aromatic nitrogens is 3. The average Bonchev–Trinajstić information content (AvgIpc) is 3.28. The van der Waals surface area contributed by atoms with Crippen molar-refractivity contribution in [3.8, 4) is 0 Å². The van der Waals surface area contributed by atoms with Gasteiger partial charge in [-0.1, -0.05) is 47.6 Å². The fourth-order valence-electron chi connectivity index (χ4n) is 3.09. The minimum atomic E-state index is 1.16. The normalized spacial score (nSPS) is 13.1. The Morgan fingerprint density at radius 1 is 0.731 bits per heavy atom. The molecule has 2 aromatic rings. The van der Waals surface area contributed by atoms with Crippen molar-refractivity contribution < 1.29 is 0 Å². The molecule has 0 radical (unpaired) electrons. The van der Waals surface area contributed by atoms with E-state index in [1.54, 1.807) is 0 Å². The van der Waals surface area contributed by atoms with Crippen molar-refractivity contribution in [1.82, 2.24) is 14.5 Å². The molecule has 0 saturated heterocycles. The molecule has 0 saturated carbocycles. The SMILES string of the molecule is CC.CC.CC.Cc1ccc2c(n1)CCCC2.Cc1cn2c(n1)CCC2. The van der Waals surface area contributed by atoms with Gasteiger partial charge in [-0.3, -0.25) is 4.98 Å². The second-order valence-corrected chi connectivity index (χ2v) is 5.86. The summed E-state index contributed by atoms with van der Waals surface area (Å²) in [4.78, 5) is 8.87. The summed E-state index contributed by atoms with van der Waals surface area (Å²) in [5, 5.41) is 0. The van der Waals surface area contributed by atoms with Crippen molar-refractivity contribution in [3.05, 3.63) is 46.8 Å². The number of hydrogen-bond acceptors (Lipinski definition) is 2. The molecule has 26 heavy (non-hydrogen) atoms. The van der Waals surface area contributed by atoms with Gasteiger partial charge in [-0.25, -0.2) is 4.98 Å². The van der Waals surface area contributed by atoms with Crippen molar-refractivity contribution >= 4 is 0 Å². The molecule has 0 amide bonds. The quantitative estimate of drug-likeness (QED) is 0.538. The van der Waals surface area contributed by atoms with Gasteiger partial charge in [-0.2, -0.15) is 0 Å². The van der Waals surface area contributed by atoms with Crippen molar-refractivity contribution in [3.63, 3.8) is 0 Å². The molecule has 0 atom stereocenters. The average molecular weight is 360 g/mol. The summed E-state index contributed by atoms with van der Waals surface area (Å²) >= 11 is 0. The van der Waals surface area contributed by atoms with Gasteiger partial charge in [-0.05, 0) is 57.6 Å². The largest absolute Gasteiger partial charge is 0.335 e. The molecule has 0 fully saturated rings. The first-order chi connectivity index (χ1) is 12.7. The molecule has 3 heteroatoms. The predicted octanol–water partition coefficient (Wildman–Crippen LogP) is 6.49. The number of imidazole rings is 1. The van der Waals surface area contributed by atoms with E-state index >= 15 is 0 Å². The lowest BCUT2D eigenvalue weighted by Gasteiger charge is -2.14. The van der Waals surface area contributed by atoms with Crippen LogP contribution in [-0.2, 0) is 25.8 Å². The van der Waals surface area contributed by atoms with Crippen LogP contribution in [0.4, 0.5) is 0 Å². The van der Waals surface area contributed by atoms with Crippen LogP contribution in [0.15, 0.2) is 18.3 Å². The van der Waals surface area contributed by atoms with Crippen LogP contribution >= 0.6 is 0 Å². The maximum Gasteiger partial charge on any atom is 0.109 e. The Balaban J connectivity index is 0.000000378. The number of pyridine rings is 1. The van der Waals surface area contributed by atoms with Gasteiger partial charge in [0.25, 0.3) is 0 Å². The number of rotatable bonds is 0. The Morgan fingerprint density at radius 2 is 1.38 bits per heavy atom. The van der Waals surface area contributed by atoms with Gasteiger partial charge in [0.15, 0.2) is 0 Å². The summed E-state index contributed by atoms with van der Waals surface area (Å²) in [6.07, 6.45) is 9.68. The van der Waals surface area contributed by atoms with E-state index in [0.717, 1.165) is 11.4 Å². The van der Waals surface area contributed by atoms with E-state index in [9.17, 15) is 0 Å². The predicted molar refractivity (Wildman–Crippen MR) is 115 cm³/mol. The fraction of sp³-hybridized carbons (Fsp3) is 0.652. The molecule has 1 aliphatic carbocycles. The van der Waals surface area contributed by atoms with Crippen molar-refractivity contribution in [2.45, 2.75) is 100 Å². The third-order valence-electron chi connectivity index (χ3n) is 4.10. The molecular weight excluding hydrogens is 318 g/mol. The van der Waals surface area contributed by atoms with Crippen LogP contribution in [0.1, 0.15) is 89.3 Å². The molecule has 148 valence electrons. The van der Waals surface area contributed by atoms with Gasteiger partial charge < -0.3 is 4.57 Å². The third kappa shape index (κ3) is 7.72. The Hall–Kier alpha value is -1.64. The molecule has 2 aromatic heterocycles.